The number of anilines is 1. The van der Waals surface area contributed by atoms with E-state index in [1.54, 1.807) is 44.6 Å². The quantitative estimate of drug-likeness (QED) is 0.296. The molecule has 3 aromatic carbocycles. The normalized spacial score (nSPS) is 11.9. The first-order valence-electron chi connectivity index (χ1n) is 12.1. The number of aryl methyl sites for hydroxylation is 2. The maximum absolute atomic E-state index is 13.7. The molecule has 36 heavy (non-hydrogen) atoms. The Morgan fingerprint density at radius 1 is 1.00 bits per heavy atom. The Morgan fingerprint density at radius 2 is 1.69 bits per heavy atom. The summed E-state index contributed by atoms with van der Waals surface area (Å²) >= 11 is 0. The molecule has 0 radical (unpaired) electrons. The van der Waals surface area contributed by atoms with E-state index in [-0.39, 0.29) is 11.7 Å². The van der Waals surface area contributed by atoms with Gasteiger partial charge in [-0.2, -0.15) is 0 Å². The van der Waals surface area contributed by atoms with Crippen LogP contribution >= 0.6 is 0 Å². The van der Waals surface area contributed by atoms with Crippen molar-refractivity contribution in [1.82, 2.24) is 9.55 Å². The minimum absolute atomic E-state index is 0.137. The van der Waals surface area contributed by atoms with Gasteiger partial charge in [0.05, 0.1) is 25.3 Å². The number of amides is 1. The fourth-order valence-electron chi connectivity index (χ4n) is 4.45. The second-order valence-corrected chi connectivity index (χ2v) is 8.99. The molecule has 0 fully saturated rings. The number of carbonyl (C=O) groups is 1. The van der Waals surface area contributed by atoms with Crippen LogP contribution in [0.3, 0.4) is 0 Å². The number of aromatic nitrogens is 2. The van der Waals surface area contributed by atoms with Crippen LogP contribution in [0, 0.1) is 19.7 Å². The average molecular weight is 490 g/mol. The Bertz CT molecular complexity index is 1380. The fraction of sp³-hybridized carbons (Fsp3) is 0.310. The van der Waals surface area contributed by atoms with Crippen molar-refractivity contribution in [1.29, 1.82) is 0 Å². The van der Waals surface area contributed by atoms with Gasteiger partial charge in [-0.3, -0.25) is 4.79 Å². The maximum atomic E-state index is 13.7. The Kier molecular flexibility index (Phi) is 7.58. The number of rotatable bonds is 9. The molecule has 4 rings (SSSR count). The van der Waals surface area contributed by atoms with E-state index in [1.165, 1.54) is 12.1 Å². The van der Waals surface area contributed by atoms with E-state index in [1.807, 2.05) is 4.57 Å². The summed E-state index contributed by atoms with van der Waals surface area (Å²) in [6, 6.07) is 15.4. The van der Waals surface area contributed by atoms with Gasteiger partial charge in [0.15, 0.2) is 11.5 Å². The van der Waals surface area contributed by atoms with Crippen LogP contribution in [0.25, 0.3) is 11.0 Å². The topological polar surface area (TPSA) is 65.4 Å². The van der Waals surface area contributed by atoms with Crippen molar-refractivity contribution in [3.8, 4) is 11.5 Å². The van der Waals surface area contributed by atoms with E-state index in [0.717, 1.165) is 40.0 Å². The number of fused-ring (bicyclic) bond motifs is 1. The number of imidazole rings is 1. The van der Waals surface area contributed by atoms with Crippen molar-refractivity contribution in [2.75, 3.05) is 19.5 Å². The molecule has 0 aliphatic carbocycles. The average Bonchev–Trinajstić information content (AvgIpc) is 3.19. The van der Waals surface area contributed by atoms with Crippen LogP contribution in [0.5, 0.6) is 11.5 Å². The van der Waals surface area contributed by atoms with Gasteiger partial charge < -0.3 is 19.4 Å². The summed E-state index contributed by atoms with van der Waals surface area (Å²) in [5, 5.41) is 3.06. The standard InChI is InChI=1S/C29H32FN3O3/c1-6-7-24(29(34)31-22-12-13-26(35-4)27(17-22)36-5)33-25-15-19(3)18(2)14-23(25)32-28(33)16-20-8-10-21(30)11-9-20/h8-15,17,24H,6-7,16H2,1-5H3,(H,31,34)/t24-/m0/s1. The number of halogens is 1. The molecule has 1 heterocycles. The van der Waals surface area contributed by atoms with Gasteiger partial charge in [0.2, 0.25) is 5.91 Å². The predicted octanol–water partition coefficient (Wildman–Crippen LogP) is 6.38. The van der Waals surface area contributed by atoms with Crippen LogP contribution in [-0.4, -0.2) is 29.7 Å². The smallest absolute Gasteiger partial charge is 0.247 e. The van der Waals surface area contributed by atoms with E-state index in [9.17, 15) is 9.18 Å². The van der Waals surface area contributed by atoms with Crippen molar-refractivity contribution in [2.24, 2.45) is 0 Å². The summed E-state index contributed by atoms with van der Waals surface area (Å²) in [4.78, 5) is 18.6. The third kappa shape index (κ3) is 5.20. The van der Waals surface area contributed by atoms with E-state index in [0.29, 0.717) is 30.0 Å². The highest BCUT2D eigenvalue weighted by Gasteiger charge is 2.26. The molecule has 0 aliphatic heterocycles. The molecule has 1 aromatic heterocycles. The third-order valence-corrected chi connectivity index (χ3v) is 6.48. The summed E-state index contributed by atoms with van der Waals surface area (Å²) in [6.07, 6.45) is 1.93. The minimum atomic E-state index is -0.481. The highest BCUT2D eigenvalue weighted by molar-refractivity contribution is 5.95. The molecule has 6 nitrogen and oxygen atoms in total. The molecule has 0 unspecified atom stereocenters. The van der Waals surface area contributed by atoms with Crippen molar-refractivity contribution in [2.45, 2.75) is 46.1 Å². The molecule has 1 N–H and O–H groups in total. The molecule has 0 saturated heterocycles. The largest absolute Gasteiger partial charge is 0.493 e. The molecule has 0 spiro atoms. The van der Waals surface area contributed by atoms with Crippen molar-refractivity contribution in [3.05, 3.63) is 82.9 Å². The monoisotopic (exact) mass is 489 g/mol. The SMILES string of the molecule is CCC[C@@H](C(=O)Nc1ccc(OC)c(OC)c1)n1c(Cc2ccc(F)cc2)nc2cc(C)c(C)cc21. The lowest BCUT2D eigenvalue weighted by Gasteiger charge is -2.22. The molecule has 0 aliphatic rings. The summed E-state index contributed by atoms with van der Waals surface area (Å²) < 4.78 is 26.3. The summed E-state index contributed by atoms with van der Waals surface area (Å²) in [7, 11) is 3.14. The van der Waals surface area contributed by atoms with Crippen molar-refractivity contribution >= 4 is 22.6 Å². The van der Waals surface area contributed by atoms with Gasteiger partial charge in [-0.05, 0) is 73.4 Å². The summed E-state index contributed by atoms with van der Waals surface area (Å²) in [5.74, 6) is 1.48. The van der Waals surface area contributed by atoms with Gasteiger partial charge in [0.1, 0.15) is 17.7 Å². The van der Waals surface area contributed by atoms with Crippen LogP contribution in [0.2, 0.25) is 0 Å². The number of benzene rings is 3. The number of methoxy groups -OCH3 is 2. The molecule has 1 atom stereocenters. The second kappa shape index (κ2) is 10.8. The number of ether oxygens (including phenoxy) is 2. The lowest BCUT2D eigenvalue weighted by atomic mass is 10.1. The second-order valence-electron chi connectivity index (χ2n) is 8.99. The van der Waals surface area contributed by atoms with Crippen molar-refractivity contribution < 1.29 is 18.7 Å². The maximum Gasteiger partial charge on any atom is 0.247 e. The number of nitrogens with zero attached hydrogens (tertiary/aromatic N) is 2. The molecule has 0 saturated carbocycles. The van der Waals surface area contributed by atoms with E-state index >= 15 is 0 Å². The predicted molar refractivity (Wildman–Crippen MR) is 141 cm³/mol. The first kappa shape index (κ1) is 25.2. The Morgan fingerprint density at radius 3 is 2.36 bits per heavy atom. The van der Waals surface area contributed by atoms with E-state index in [2.05, 4.69) is 38.2 Å². The van der Waals surface area contributed by atoms with Crippen LogP contribution in [0.4, 0.5) is 10.1 Å². The zero-order valence-electron chi connectivity index (χ0n) is 21.4. The highest BCUT2D eigenvalue weighted by atomic mass is 19.1. The van der Waals surface area contributed by atoms with E-state index in [4.69, 9.17) is 14.5 Å². The molecule has 188 valence electrons. The van der Waals surface area contributed by atoms with Gasteiger partial charge in [-0.25, -0.2) is 9.37 Å². The number of hydrogen-bond acceptors (Lipinski definition) is 4. The number of hydrogen-bond donors (Lipinski definition) is 1. The first-order valence-corrected chi connectivity index (χ1v) is 12.1. The zero-order valence-corrected chi connectivity index (χ0v) is 21.4. The van der Waals surface area contributed by atoms with Crippen LogP contribution in [0.1, 0.15) is 48.3 Å². The first-order chi connectivity index (χ1) is 17.3. The van der Waals surface area contributed by atoms with Gasteiger partial charge >= 0.3 is 0 Å². The lowest BCUT2D eigenvalue weighted by molar-refractivity contribution is -0.119. The molecule has 7 heteroatoms. The Labute approximate surface area is 211 Å². The van der Waals surface area contributed by atoms with Gasteiger partial charge in [0, 0.05) is 18.2 Å². The van der Waals surface area contributed by atoms with Gasteiger partial charge in [-0.1, -0.05) is 25.5 Å². The fourth-order valence-corrected chi connectivity index (χ4v) is 4.45. The Hall–Kier alpha value is -3.87. The molecule has 0 bridgehead atoms. The molecular weight excluding hydrogens is 457 g/mol. The highest BCUT2D eigenvalue weighted by Crippen LogP contribution is 2.32. The lowest BCUT2D eigenvalue weighted by Crippen LogP contribution is -2.27. The van der Waals surface area contributed by atoms with Crippen LogP contribution in [0.15, 0.2) is 54.6 Å². The molecular formula is C29H32FN3O3. The van der Waals surface area contributed by atoms with Crippen molar-refractivity contribution in [3.63, 3.8) is 0 Å². The van der Waals surface area contributed by atoms with Crippen LogP contribution < -0.4 is 14.8 Å². The van der Waals surface area contributed by atoms with Crippen LogP contribution in [-0.2, 0) is 11.2 Å². The molecule has 4 aromatic rings. The number of carbonyl (C=O) groups excluding carboxylic acids is 1. The zero-order chi connectivity index (χ0) is 25.8. The minimum Gasteiger partial charge on any atom is -0.493 e. The molecule has 1 amide bonds. The summed E-state index contributed by atoms with van der Waals surface area (Å²) in [6.45, 7) is 6.18. The van der Waals surface area contributed by atoms with Gasteiger partial charge in [0.25, 0.3) is 0 Å². The van der Waals surface area contributed by atoms with E-state index < -0.39 is 6.04 Å². The third-order valence-electron chi connectivity index (χ3n) is 6.48. The number of nitrogens with one attached hydrogen (secondary N) is 1. The summed E-state index contributed by atoms with van der Waals surface area (Å²) in [5.41, 5.74) is 5.58. The van der Waals surface area contributed by atoms with Gasteiger partial charge in [-0.15, -0.1) is 0 Å². The Balaban J connectivity index is 1.77.